The topological polar surface area (TPSA) is 69.7 Å². The standard InChI is InChI=1S/C20H23N3O3/c1-22-9-2-3-13(8-10-22)14-4-5-16-15(11-14)12-23(20(16)26)17-6-7-18(24)21-19(17)25/h3-5,11,17H,2,6-10,12H2,1H3,(H,21,24,25). The fraction of sp³-hybridized carbons (Fsp3) is 0.450. The van der Waals surface area contributed by atoms with E-state index in [1.807, 2.05) is 12.1 Å². The number of fused-ring (bicyclic) bond motifs is 1. The molecule has 4 rings (SSSR count). The first-order valence-corrected chi connectivity index (χ1v) is 9.18. The van der Waals surface area contributed by atoms with Crippen molar-refractivity contribution in [2.24, 2.45) is 0 Å². The lowest BCUT2D eigenvalue weighted by atomic mass is 9.98. The van der Waals surface area contributed by atoms with Crippen LogP contribution >= 0.6 is 0 Å². The van der Waals surface area contributed by atoms with Gasteiger partial charge in [-0.2, -0.15) is 0 Å². The van der Waals surface area contributed by atoms with Crippen molar-refractivity contribution in [2.45, 2.75) is 38.3 Å². The minimum atomic E-state index is -0.554. The molecule has 0 spiro atoms. The third kappa shape index (κ3) is 3.05. The number of piperidine rings is 1. The average Bonchev–Trinajstić information content (AvgIpc) is 2.78. The summed E-state index contributed by atoms with van der Waals surface area (Å²) in [4.78, 5) is 40.2. The molecule has 6 heteroatoms. The predicted molar refractivity (Wildman–Crippen MR) is 97.2 cm³/mol. The van der Waals surface area contributed by atoms with Crippen molar-refractivity contribution in [3.8, 4) is 0 Å². The second-order valence-electron chi connectivity index (χ2n) is 7.34. The Morgan fingerprint density at radius 3 is 2.77 bits per heavy atom. The lowest BCUT2D eigenvalue weighted by molar-refractivity contribution is -0.136. The van der Waals surface area contributed by atoms with Gasteiger partial charge in [0.25, 0.3) is 5.91 Å². The Balaban J connectivity index is 1.56. The van der Waals surface area contributed by atoms with Gasteiger partial charge in [0.1, 0.15) is 6.04 Å². The minimum absolute atomic E-state index is 0.115. The van der Waals surface area contributed by atoms with Crippen molar-refractivity contribution >= 4 is 23.3 Å². The maximum atomic E-state index is 12.7. The van der Waals surface area contributed by atoms with E-state index in [2.05, 4.69) is 29.4 Å². The van der Waals surface area contributed by atoms with E-state index in [0.717, 1.165) is 37.1 Å². The van der Waals surface area contributed by atoms with Gasteiger partial charge in [0, 0.05) is 31.6 Å². The van der Waals surface area contributed by atoms with E-state index >= 15 is 0 Å². The molecule has 3 aliphatic heterocycles. The summed E-state index contributed by atoms with van der Waals surface area (Å²) in [6.45, 7) is 2.53. The number of carbonyl (C=O) groups is 3. The lowest BCUT2D eigenvalue weighted by Gasteiger charge is -2.29. The third-order valence-corrected chi connectivity index (χ3v) is 5.56. The van der Waals surface area contributed by atoms with Crippen LogP contribution in [0.15, 0.2) is 24.3 Å². The molecule has 0 saturated carbocycles. The molecular weight excluding hydrogens is 330 g/mol. The van der Waals surface area contributed by atoms with E-state index in [1.54, 1.807) is 4.90 Å². The number of amides is 3. The molecule has 1 saturated heterocycles. The Kier molecular flexibility index (Phi) is 4.36. The van der Waals surface area contributed by atoms with E-state index in [1.165, 1.54) is 5.57 Å². The van der Waals surface area contributed by atoms with E-state index in [9.17, 15) is 14.4 Å². The maximum Gasteiger partial charge on any atom is 0.255 e. The van der Waals surface area contributed by atoms with Crippen LogP contribution in [0.5, 0.6) is 0 Å². The molecule has 3 aliphatic rings. The van der Waals surface area contributed by atoms with Crippen LogP contribution in [-0.2, 0) is 16.1 Å². The molecule has 3 heterocycles. The van der Waals surface area contributed by atoms with E-state index in [0.29, 0.717) is 18.5 Å². The molecule has 1 fully saturated rings. The molecule has 0 aromatic heterocycles. The number of hydrogen-bond donors (Lipinski definition) is 1. The summed E-state index contributed by atoms with van der Waals surface area (Å²) in [6, 6.07) is 5.44. The number of imide groups is 1. The molecule has 1 unspecified atom stereocenters. The molecule has 0 radical (unpaired) electrons. The van der Waals surface area contributed by atoms with Gasteiger partial charge in [-0.15, -0.1) is 0 Å². The predicted octanol–water partition coefficient (Wildman–Crippen LogP) is 1.56. The normalized spacial score (nSPS) is 24.2. The molecule has 3 amide bonds. The lowest BCUT2D eigenvalue weighted by Crippen LogP contribution is -2.52. The summed E-state index contributed by atoms with van der Waals surface area (Å²) in [7, 11) is 2.13. The first-order valence-electron chi connectivity index (χ1n) is 9.18. The maximum absolute atomic E-state index is 12.7. The largest absolute Gasteiger partial charge is 0.322 e. The molecule has 1 atom stereocenters. The molecular formula is C20H23N3O3. The van der Waals surface area contributed by atoms with E-state index < -0.39 is 6.04 Å². The number of benzene rings is 1. The van der Waals surface area contributed by atoms with Gasteiger partial charge in [0.15, 0.2) is 0 Å². The first-order chi connectivity index (χ1) is 12.5. The van der Waals surface area contributed by atoms with Crippen molar-refractivity contribution in [1.82, 2.24) is 15.1 Å². The highest BCUT2D eigenvalue weighted by Gasteiger charge is 2.39. The molecule has 6 nitrogen and oxygen atoms in total. The number of carbonyl (C=O) groups excluding carboxylic acids is 3. The minimum Gasteiger partial charge on any atom is -0.322 e. The van der Waals surface area contributed by atoms with Crippen LogP contribution in [-0.4, -0.2) is 53.7 Å². The summed E-state index contributed by atoms with van der Waals surface area (Å²) in [6.07, 6.45) is 5.00. The fourth-order valence-corrected chi connectivity index (χ4v) is 4.02. The van der Waals surface area contributed by atoms with Gasteiger partial charge >= 0.3 is 0 Å². The summed E-state index contributed by atoms with van der Waals surface area (Å²) in [5.74, 6) is -0.740. The van der Waals surface area contributed by atoms with Crippen molar-refractivity contribution in [1.29, 1.82) is 0 Å². The van der Waals surface area contributed by atoms with Crippen LogP contribution in [0.1, 0.15) is 47.2 Å². The van der Waals surface area contributed by atoms with Gasteiger partial charge in [-0.1, -0.05) is 12.1 Å². The van der Waals surface area contributed by atoms with Crippen molar-refractivity contribution in [3.63, 3.8) is 0 Å². The number of hydrogen-bond acceptors (Lipinski definition) is 4. The molecule has 1 aromatic carbocycles. The van der Waals surface area contributed by atoms with E-state index in [-0.39, 0.29) is 24.1 Å². The fourth-order valence-electron chi connectivity index (χ4n) is 4.02. The Bertz CT molecular complexity index is 815. The van der Waals surface area contributed by atoms with Gasteiger partial charge in [0.05, 0.1) is 0 Å². The molecule has 136 valence electrons. The van der Waals surface area contributed by atoms with Crippen molar-refractivity contribution in [2.75, 3.05) is 20.1 Å². The van der Waals surface area contributed by atoms with Gasteiger partial charge in [0.2, 0.25) is 11.8 Å². The zero-order valence-corrected chi connectivity index (χ0v) is 15.0. The zero-order valence-electron chi connectivity index (χ0n) is 15.0. The van der Waals surface area contributed by atoms with Crippen LogP contribution in [0, 0.1) is 0 Å². The van der Waals surface area contributed by atoms with E-state index in [4.69, 9.17) is 0 Å². The van der Waals surface area contributed by atoms with Gasteiger partial charge in [-0.05, 0) is 55.1 Å². The van der Waals surface area contributed by atoms with Crippen LogP contribution in [0.25, 0.3) is 5.57 Å². The Labute approximate surface area is 152 Å². The molecule has 0 aliphatic carbocycles. The summed E-state index contributed by atoms with van der Waals surface area (Å²) in [5.41, 5.74) is 4.13. The molecule has 26 heavy (non-hydrogen) atoms. The van der Waals surface area contributed by atoms with Crippen molar-refractivity contribution < 1.29 is 14.4 Å². The highest BCUT2D eigenvalue weighted by atomic mass is 16.2. The first kappa shape index (κ1) is 17.0. The van der Waals surface area contributed by atoms with Gasteiger partial charge in [-0.25, -0.2) is 0 Å². The summed E-state index contributed by atoms with van der Waals surface area (Å²) in [5, 5.41) is 2.34. The smallest absolute Gasteiger partial charge is 0.255 e. The summed E-state index contributed by atoms with van der Waals surface area (Å²) < 4.78 is 0. The summed E-state index contributed by atoms with van der Waals surface area (Å²) >= 11 is 0. The van der Waals surface area contributed by atoms with Crippen LogP contribution in [0.4, 0.5) is 0 Å². The highest BCUT2D eigenvalue weighted by molar-refractivity contribution is 6.05. The number of nitrogens with one attached hydrogen (secondary N) is 1. The number of nitrogens with zero attached hydrogens (tertiary/aromatic N) is 2. The molecule has 1 aromatic rings. The van der Waals surface area contributed by atoms with Crippen LogP contribution in [0.3, 0.4) is 0 Å². The zero-order chi connectivity index (χ0) is 18.3. The quantitative estimate of drug-likeness (QED) is 0.819. The Hall–Kier alpha value is -2.47. The third-order valence-electron chi connectivity index (χ3n) is 5.56. The van der Waals surface area contributed by atoms with Crippen LogP contribution < -0.4 is 5.32 Å². The highest BCUT2D eigenvalue weighted by Crippen LogP contribution is 2.31. The molecule has 1 N–H and O–H groups in total. The van der Waals surface area contributed by atoms with Crippen molar-refractivity contribution in [3.05, 3.63) is 41.0 Å². The second-order valence-corrected chi connectivity index (χ2v) is 7.34. The Morgan fingerprint density at radius 1 is 1.12 bits per heavy atom. The monoisotopic (exact) mass is 353 g/mol. The molecule has 0 bridgehead atoms. The second kappa shape index (κ2) is 6.68. The van der Waals surface area contributed by atoms with Crippen LogP contribution in [0.2, 0.25) is 0 Å². The van der Waals surface area contributed by atoms with Gasteiger partial charge < -0.3 is 9.80 Å². The number of rotatable bonds is 2. The Morgan fingerprint density at radius 2 is 1.96 bits per heavy atom. The van der Waals surface area contributed by atoms with Gasteiger partial charge in [-0.3, -0.25) is 19.7 Å². The SMILES string of the molecule is CN1CCC=C(c2ccc3c(c2)CN(C2CCC(=O)NC2=O)C3=O)CC1. The average molecular weight is 353 g/mol.